The molecule has 0 atom stereocenters. The van der Waals surface area contributed by atoms with Crippen LogP contribution in [0.3, 0.4) is 0 Å². The molecule has 0 radical (unpaired) electrons. The highest BCUT2D eigenvalue weighted by Crippen LogP contribution is 2.38. The van der Waals surface area contributed by atoms with Gasteiger partial charge in [0.25, 0.3) is 0 Å². The Morgan fingerprint density at radius 2 is 1.94 bits per heavy atom. The first-order chi connectivity index (χ1) is 7.72. The third-order valence-corrected chi connectivity index (χ3v) is 4.88. The first kappa shape index (κ1) is 14.5. The van der Waals surface area contributed by atoms with Crippen molar-refractivity contribution in [2.45, 2.75) is 38.5 Å². The number of nitrogens with zero attached hydrogens (tertiary/aromatic N) is 1. The lowest BCUT2D eigenvalue weighted by atomic mass is 9.75. The van der Waals surface area contributed by atoms with Gasteiger partial charge < -0.3 is 9.64 Å². The second-order valence-electron chi connectivity index (χ2n) is 5.28. The largest absolute Gasteiger partial charge is 0.385 e. The van der Waals surface area contributed by atoms with Crippen LogP contribution in [0.4, 0.5) is 0 Å². The van der Waals surface area contributed by atoms with Gasteiger partial charge in [0, 0.05) is 32.1 Å². The standard InChI is InChI=1S/C13H26BrNO/c1-15(9-6-10-16-2)12-13(11-14)7-4-3-5-8-13/h3-12H2,1-2H3. The predicted octanol–water partition coefficient (Wildman–Crippen LogP) is 3.30. The van der Waals surface area contributed by atoms with Gasteiger partial charge in [-0.15, -0.1) is 0 Å². The molecule has 0 saturated heterocycles. The molecule has 16 heavy (non-hydrogen) atoms. The first-order valence-electron chi connectivity index (χ1n) is 6.46. The molecule has 0 bridgehead atoms. The SMILES string of the molecule is COCCCN(C)CC1(CBr)CCCCC1. The van der Waals surface area contributed by atoms with Crippen LogP contribution in [0.1, 0.15) is 38.5 Å². The topological polar surface area (TPSA) is 12.5 Å². The van der Waals surface area contributed by atoms with Crippen molar-refractivity contribution in [1.82, 2.24) is 4.90 Å². The molecule has 3 heteroatoms. The van der Waals surface area contributed by atoms with Crippen LogP contribution in [0.15, 0.2) is 0 Å². The number of hydrogen-bond donors (Lipinski definition) is 0. The predicted molar refractivity (Wildman–Crippen MR) is 73.3 cm³/mol. The fourth-order valence-corrected chi connectivity index (χ4v) is 3.50. The van der Waals surface area contributed by atoms with Gasteiger partial charge in [0.1, 0.15) is 0 Å². The van der Waals surface area contributed by atoms with E-state index < -0.39 is 0 Å². The third-order valence-electron chi connectivity index (χ3n) is 3.69. The number of halogens is 1. The van der Waals surface area contributed by atoms with Crippen molar-refractivity contribution in [1.29, 1.82) is 0 Å². The molecule has 0 aromatic heterocycles. The molecule has 0 heterocycles. The summed E-state index contributed by atoms with van der Waals surface area (Å²) < 4.78 is 5.10. The van der Waals surface area contributed by atoms with E-state index in [9.17, 15) is 0 Å². The van der Waals surface area contributed by atoms with Crippen LogP contribution in [-0.4, -0.2) is 44.1 Å². The van der Waals surface area contributed by atoms with Crippen LogP contribution in [-0.2, 0) is 4.74 Å². The van der Waals surface area contributed by atoms with E-state index in [4.69, 9.17) is 4.74 Å². The van der Waals surface area contributed by atoms with Gasteiger partial charge in [-0.25, -0.2) is 0 Å². The van der Waals surface area contributed by atoms with Gasteiger partial charge in [0.15, 0.2) is 0 Å². The summed E-state index contributed by atoms with van der Waals surface area (Å²) in [6.45, 7) is 3.27. The molecular weight excluding hydrogens is 266 g/mol. The third kappa shape index (κ3) is 4.72. The number of methoxy groups -OCH3 is 1. The van der Waals surface area contributed by atoms with Crippen molar-refractivity contribution >= 4 is 15.9 Å². The second kappa shape index (κ2) is 7.67. The molecule has 0 unspecified atom stereocenters. The Bertz CT molecular complexity index is 181. The summed E-state index contributed by atoms with van der Waals surface area (Å²) in [4.78, 5) is 2.48. The summed E-state index contributed by atoms with van der Waals surface area (Å²) in [6.07, 6.45) is 8.20. The smallest absolute Gasteiger partial charge is 0.0474 e. The molecule has 0 spiro atoms. The summed E-state index contributed by atoms with van der Waals surface area (Å²) in [7, 11) is 4.02. The second-order valence-corrected chi connectivity index (χ2v) is 5.84. The van der Waals surface area contributed by atoms with E-state index in [0.29, 0.717) is 5.41 Å². The van der Waals surface area contributed by atoms with Crippen LogP contribution in [0, 0.1) is 5.41 Å². The van der Waals surface area contributed by atoms with E-state index in [0.717, 1.165) is 24.9 Å². The van der Waals surface area contributed by atoms with E-state index >= 15 is 0 Å². The lowest BCUT2D eigenvalue weighted by Gasteiger charge is -2.39. The van der Waals surface area contributed by atoms with Crippen molar-refractivity contribution in [2.75, 3.05) is 39.2 Å². The average Bonchev–Trinajstić information content (AvgIpc) is 2.30. The van der Waals surface area contributed by atoms with E-state index in [1.54, 1.807) is 7.11 Å². The van der Waals surface area contributed by atoms with Crippen molar-refractivity contribution < 1.29 is 4.74 Å². The molecule has 1 fully saturated rings. The highest BCUT2D eigenvalue weighted by molar-refractivity contribution is 9.09. The van der Waals surface area contributed by atoms with Gasteiger partial charge in [-0.05, 0) is 31.7 Å². The van der Waals surface area contributed by atoms with E-state index in [-0.39, 0.29) is 0 Å². The van der Waals surface area contributed by atoms with Gasteiger partial charge in [-0.2, -0.15) is 0 Å². The number of hydrogen-bond acceptors (Lipinski definition) is 2. The minimum atomic E-state index is 0.542. The van der Waals surface area contributed by atoms with Gasteiger partial charge >= 0.3 is 0 Å². The minimum absolute atomic E-state index is 0.542. The van der Waals surface area contributed by atoms with Gasteiger partial charge in [-0.1, -0.05) is 35.2 Å². The van der Waals surface area contributed by atoms with Crippen LogP contribution in [0.5, 0.6) is 0 Å². The van der Waals surface area contributed by atoms with Crippen LogP contribution in [0.25, 0.3) is 0 Å². The molecule has 1 rings (SSSR count). The zero-order chi connectivity index (χ0) is 11.9. The van der Waals surface area contributed by atoms with Crippen molar-refractivity contribution in [3.8, 4) is 0 Å². The fraction of sp³-hybridized carbons (Fsp3) is 1.00. The lowest BCUT2D eigenvalue weighted by molar-refractivity contribution is 0.130. The molecule has 0 aromatic carbocycles. The zero-order valence-electron chi connectivity index (χ0n) is 10.8. The zero-order valence-corrected chi connectivity index (χ0v) is 12.4. The number of alkyl halides is 1. The summed E-state index contributed by atoms with van der Waals surface area (Å²) >= 11 is 3.73. The van der Waals surface area contributed by atoms with E-state index in [1.807, 2.05) is 0 Å². The molecule has 0 aromatic rings. The normalized spacial score (nSPS) is 20.2. The van der Waals surface area contributed by atoms with Crippen molar-refractivity contribution in [3.05, 3.63) is 0 Å². The Hall–Kier alpha value is 0.400. The average molecular weight is 292 g/mol. The van der Waals surface area contributed by atoms with Crippen LogP contribution in [0.2, 0.25) is 0 Å². The van der Waals surface area contributed by atoms with Crippen LogP contribution < -0.4 is 0 Å². The first-order valence-corrected chi connectivity index (χ1v) is 7.58. The van der Waals surface area contributed by atoms with Crippen molar-refractivity contribution in [2.24, 2.45) is 5.41 Å². The summed E-state index contributed by atoms with van der Waals surface area (Å²) in [5.74, 6) is 0. The fourth-order valence-electron chi connectivity index (χ4n) is 2.77. The Kier molecular flexibility index (Phi) is 6.94. The van der Waals surface area contributed by atoms with E-state index in [2.05, 4.69) is 27.9 Å². The molecule has 0 amide bonds. The Morgan fingerprint density at radius 1 is 1.25 bits per heavy atom. The molecular formula is C13H26BrNO. The quantitative estimate of drug-likeness (QED) is 0.527. The Morgan fingerprint density at radius 3 is 2.50 bits per heavy atom. The van der Waals surface area contributed by atoms with Crippen LogP contribution >= 0.6 is 15.9 Å². The maximum atomic E-state index is 5.10. The molecule has 96 valence electrons. The number of rotatable bonds is 7. The molecule has 1 saturated carbocycles. The summed E-state index contributed by atoms with van der Waals surface area (Å²) in [5.41, 5.74) is 0.542. The molecule has 0 N–H and O–H groups in total. The van der Waals surface area contributed by atoms with E-state index in [1.165, 1.54) is 38.6 Å². The van der Waals surface area contributed by atoms with Gasteiger partial charge in [0.05, 0.1) is 0 Å². The van der Waals surface area contributed by atoms with Gasteiger partial charge in [0.2, 0.25) is 0 Å². The Labute approximate surface area is 109 Å². The summed E-state index contributed by atoms with van der Waals surface area (Å²) in [6, 6.07) is 0. The molecule has 2 nitrogen and oxygen atoms in total. The maximum Gasteiger partial charge on any atom is 0.0474 e. The monoisotopic (exact) mass is 291 g/mol. The molecule has 0 aliphatic heterocycles. The molecule has 1 aliphatic carbocycles. The lowest BCUT2D eigenvalue weighted by Crippen LogP contribution is -2.39. The van der Waals surface area contributed by atoms with Crippen molar-refractivity contribution in [3.63, 3.8) is 0 Å². The Balaban J connectivity index is 2.30. The van der Waals surface area contributed by atoms with Gasteiger partial charge in [-0.3, -0.25) is 0 Å². The highest BCUT2D eigenvalue weighted by atomic mass is 79.9. The number of ether oxygens (including phenoxy) is 1. The minimum Gasteiger partial charge on any atom is -0.385 e. The maximum absolute atomic E-state index is 5.10. The summed E-state index contributed by atoms with van der Waals surface area (Å²) in [5, 5.41) is 1.16. The highest BCUT2D eigenvalue weighted by Gasteiger charge is 2.31. The molecule has 1 aliphatic rings.